The Hall–Kier alpha value is -3.28. The number of ether oxygens (including phenoxy) is 3. The summed E-state index contributed by atoms with van der Waals surface area (Å²) in [6.07, 6.45) is 1.65. The number of methoxy groups -OCH3 is 1. The van der Waals surface area contributed by atoms with Crippen molar-refractivity contribution in [3.8, 4) is 28.7 Å². The van der Waals surface area contributed by atoms with Crippen molar-refractivity contribution in [2.24, 2.45) is 0 Å². The highest BCUT2D eigenvalue weighted by atomic mass is 16.6. The number of fused-ring (bicyclic) bond motifs is 4. The van der Waals surface area contributed by atoms with Gasteiger partial charge in [-0.15, -0.1) is 0 Å². The van der Waals surface area contributed by atoms with Gasteiger partial charge in [0.25, 0.3) is 0 Å². The highest BCUT2D eigenvalue weighted by Crippen LogP contribution is 2.42. The van der Waals surface area contributed by atoms with Gasteiger partial charge in [0, 0.05) is 5.56 Å². The molecule has 1 atom stereocenters. The molecule has 136 valence electrons. The first-order valence-electron chi connectivity index (χ1n) is 8.80. The van der Waals surface area contributed by atoms with Crippen LogP contribution >= 0.6 is 0 Å². The quantitative estimate of drug-likeness (QED) is 0.522. The molecule has 27 heavy (non-hydrogen) atoms. The summed E-state index contributed by atoms with van der Waals surface area (Å²) in [5.41, 5.74) is 4.23. The third-order valence-electron chi connectivity index (χ3n) is 4.65. The Kier molecular flexibility index (Phi) is 3.47. The van der Waals surface area contributed by atoms with Crippen molar-refractivity contribution in [3.05, 3.63) is 42.1 Å². The zero-order chi connectivity index (χ0) is 18.5. The largest absolute Gasteiger partial charge is 0.485 e. The van der Waals surface area contributed by atoms with Gasteiger partial charge in [0.15, 0.2) is 11.5 Å². The maximum atomic E-state index is 6.13. The first-order valence-corrected chi connectivity index (χ1v) is 8.80. The van der Waals surface area contributed by atoms with Gasteiger partial charge in [-0.3, -0.25) is 0 Å². The lowest BCUT2D eigenvalue weighted by atomic mass is 10.1. The molecule has 5 rings (SSSR count). The maximum Gasteiger partial charge on any atom is 0.232 e. The van der Waals surface area contributed by atoms with Crippen molar-refractivity contribution < 1.29 is 18.6 Å². The Morgan fingerprint density at radius 3 is 2.93 bits per heavy atom. The monoisotopic (exact) mass is 362 g/mol. The van der Waals surface area contributed by atoms with Crippen molar-refractivity contribution in [1.29, 1.82) is 0 Å². The van der Waals surface area contributed by atoms with Crippen molar-refractivity contribution in [2.45, 2.75) is 20.0 Å². The summed E-state index contributed by atoms with van der Waals surface area (Å²) in [6.45, 7) is 4.53. The van der Waals surface area contributed by atoms with Crippen molar-refractivity contribution in [1.82, 2.24) is 9.97 Å². The number of furan rings is 1. The molecular formula is C21H18N2O4. The standard InChI is InChI=1S/C21H18N2O4/c1-11-6-13(20-15(7-11)23-19(24-3)9-22-20)18-8-14-16(27-18)4-5-17-21(14)25-10-12(2)26-17/h4-9,12H,10H2,1-3H3/t12-/m1/s1. The van der Waals surface area contributed by atoms with Gasteiger partial charge in [0.2, 0.25) is 5.88 Å². The van der Waals surface area contributed by atoms with E-state index < -0.39 is 0 Å². The second-order valence-corrected chi connectivity index (χ2v) is 6.75. The van der Waals surface area contributed by atoms with Crippen LogP contribution in [0.1, 0.15) is 12.5 Å². The molecule has 0 amide bonds. The minimum atomic E-state index is 0.0345. The molecule has 0 radical (unpaired) electrons. The molecule has 0 N–H and O–H groups in total. The van der Waals surface area contributed by atoms with E-state index in [4.69, 9.17) is 18.6 Å². The van der Waals surface area contributed by atoms with Crippen LogP contribution in [-0.4, -0.2) is 29.8 Å². The Morgan fingerprint density at radius 1 is 1.19 bits per heavy atom. The fourth-order valence-corrected chi connectivity index (χ4v) is 3.43. The van der Waals surface area contributed by atoms with Crippen LogP contribution in [0.4, 0.5) is 0 Å². The molecule has 1 aliphatic heterocycles. The Bertz CT molecular complexity index is 1180. The summed E-state index contributed by atoms with van der Waals surface area (Å²) in [4.78, 5) is 9.04. The predicted octanol–water partition coefficient (Wildman–Crippen LogP) is 4.52. The van der Waals surface area contributed by atoms with E-state index in [9.17, 15) is 0 Å². The average Bonchev–Trinajstić information content (AvgIpc) is 3.11. The molecule has 0 saturated heterocycles. The number of aromatic nitrogens is 2. The SMILES string of the molecule is COc1cnc2c(-c3cc4c5c(ccc4o3)O[C@H](C)CO5)cc(C)cc2n1. The number of hydrogen-bond donors (Lipinski definition) is 0. The number of rotatable bonds is 2. The van der Waals surface area contributed by atoms with E-state index in [1.807, 2.05) is 44.2 Å². The van der Waals surface area contributed by atoms with Gasteiger partial charge in [-0.05, 0) is 49.7 Å². The van der Waals surface area contributed by atoms with E-state index in [-0.39, 0.29) is 6.10 Å². The molecule has 6 nitrogen and oxygen atoms in total. The van der Waals surface area contributed by atoms with Crippen LogP contribution < -0.4 is 14.2 Å². The van der Waals surface area contributed by atoms with E-state index >= 15 is 0 Å². The second kappa shape index (κ2) is 5.87. The number of benzene rings is 2. The van der Waals surface area contributed by atoms with Gasteiger partial charge >= 0.3 is 0 Å². The van der Waals surface area contributed by atoms with Crippen LogP contribution in [0, 0.1) is 6.92 Å². The van der Waals surface area contributed by atoms with Crippen LogP contribution in [0.15, 0.2) is 40.9 Å². The van der Waals surface area contributed by atoms with Gasteiger partial charge in [0.05, 0.1) is 29.7 Å². The zero-order valence-electron chi connectivity index (χ0n) is 15.3. The Labute approximate surface area is 155 Å². The van der Waals surface area contributed by atoms with Crippen LogP contribution in [0.2, 0.25) is 0 Å². The van der Waals surface area contributed by atoms with Crippen LogP contribution in [0.5, 0.6) is 17.4 Å². The van der Waals surface area contributed by atoms with E-state index in [0.717, 1.165) is 44.6 Å². The van der Waals surface area contributed by atoms with Crippen molar-refractivity contribution >= 4 is 22.0 Å². The fraction of sp³-hybridized carbons (Fsp3) is 0.238. The molecule has 6 heteroatoms. The summed E-state index contributed by atoms with van der Waals surface area (Å²) in [7, 11) is 1.58. The zero-order valence-corrected chi connectivity index (χ0v) is 15.3. The highest BCUT2D eigenvalue weighted by molar-refractivity contribution is 5.96. The molecule has 0 saturated carbocycles. The highest BCUT2D eigenvalue weighted by Gasteiger charge is 2.22. The van der Waals surface area contributed by atoms with E-state index in [2.05, 4.69) is 9.97 Å². The normalized spacial score (nSPS) is 16.0. The first-order chi connectivity index (χ1) is 13.1. The van der Waals surface area contributed by atoms with Crippen LogP contribution in [0.25, 0.3) is 33.3 Å². The number of hydrogen-bond acceptors (Lipinski definition) is 6. The smallest absolute Gasteiger partial charge is 0.232 e. The number of nitrogens with zero attached hydrogens (tertiary/aromatic N) is 2. The number of aryl methyl sites for hydroxylation is 1. The van der Waals surface area contributed by atoms with E-state index in [0.29, 0.717) is 18.2 Å². The molecule has 1 aliphatic rings. The Morgan fingerprint density at radius 2 is 2.07 bits per heavy atom. The molecule has 0 fully saturated rings. The Balaban J connectivity index is 1.72. The molecule has 2 aromatic heterocycles. The van der Waals surface area contributed by atoms with Crippen molar-refractivity contribution in [2.75, 3.05) is 13.7 Å². The summed E-state index contributed by atoms with van der Waals surface area (Å²) < 4.78 is 23.1. The molecule has 0 bridgehead atoms. The fourth-order valence-electron chi connectivity index (χ4n) is 3.43. The van der Waals surface area contributed by atoms with Crippen LogP contribution in [0.3, 0.4) is 0 Å². The second-order valence-electron chi connectivity index (χ2n) is 6.75. The first kappa shape index (κ1) is 15.9. The minimum Gasteiger partial charge on any atom is -0.485 e. The third-order valence-corrected chi connectivity index (χ3v) is 4.65. The van der Waals surface area contributed by atoms with Crippen molar-refractivity contribution in [3.63, 3.8) is 0 Å². The average molecular weight is 362 g/mol. The lowest BCUT2D eigenvalue weighted by Gasteiger charge is -2.23. The molecular weight excluding hydrogens is 344 g/mol. The van der Waals surface area contributed by atoms with E-state index in [1.165, 1.54) is 0 Å². The predicted molar refractivity (Wildman–Crippen MR) is 102 cm³/mol. The third kappa shape index (κ3) is 2.56. The summed E-state index contributed by atoms with van der Waals surface area (Å²) >= 11 is 0. The van der Waals surface area contributed by atoms with Gasteiger partial charge in [-0.2, -0.15) is 0 Å². The topological polar surface area (TPSA) is 66.6 Å². The van der Waals surface area contributed by atoms with E-state index in [1.54, 1.807) is 13.3 Å². The molecule has 0 unspecified atom stereocenters. The molecule has 0 spiro atoms. The van der Waals surface area contributed by atoms with Crippen LogP contribution in [-0.2, 0) is 0 Å². The van der Waals surface area contributed by atoms with Gasteiger partial charge in [-0.25, -0.2) is 9.97 Å². The molecule has 2 aromatic carbocycles. The molecule has 3 heterocycles. The van der Waals surface area contributed by atoms with Gasteiger partial charge in [0.1, 0.15) is 24.1 Å². The summed E-state index contributed by atoms with van der Waals surface area (Å²) in [5.74, 6) is 2.67. The summed E-state index contributed by atoms with van der Waals surface area (Å²) in [5, 5.41) is 0.894. The lowest BCUT2D eigenvalue weighted by Crippen LogP contribution is -2.25. The van der Waals surface area contributed by atoms with Gasteiger partial charge in [-0.1, -0.05) is 0 Å². The molecule has 0 aliphatic carbocycles. The summed E-state index contributed by atoms with van der Waals surface area (Å²) in [6, 6.07) is 9.81. The van der Waals surface area contributed by atoms with Gasteiger partial charge < -0.3 is 18.6 Å². The lowest BCUT2D eigenvalue weighted by molar-refractivity contribution is 0.106. The minimum absolute atomic E-state index is 0.0345. The molecule has 4 aromatic rings. The maximum absolute atomic E-state index is 6.13.